The number of anilines is 2. The topological polar surface area (TPSA) is 55.6 Å². The molecule has 0 unspecified atom stereocenters. The first-order chi connectivity index (χ1) is 9.11. The van der Waals surface area contributed by atoms with E-state index < -0.39 is 0 Å². The average Bonchev–Trinajstić information content (AvgIpc) is 2.90. The highest BCUT2D eigenvalue weighted by atomic mass is 32.1. The lowest BCUT2D eigenvalue weighted by atomic mass is 10.1. The van der Waals surface area contributed by atoms with Gasteiger partial charge in [-0.05, 0) is 40.6 Å². The summed E-state index contributed by atoms with van der Waals surface area (Å²) in [4.78, 5) is 13.5. The van der Waals surface area contributed by atoms with Crippen LogP contribution in [0.2, 0.25) is 0 Å². The van der Waals surface area contributed by atoms with E-state index >= 15 is 0 Å². The van der Waals surface area contributed by atoms with Crippen LogP contribution in [0.25, 0.3) is 0 Å². The molecule has 2 rings (SSSR count). The lowest BCUT2D eigenvalue weighted by molar-refractivity contribution is 0.0601. The van der Waals surface area contributed by atoms with Crippen LogP contribution < -0.4 is 10.6 Å². The molecule has 2 N–H and O–H groups in total. The van der Waals surface area contributed by atoms with Crippen LogP contribution >= 0.6 is 11.3 Å². The highest BCUT2D eigenvalue weighted by Gasteiger charge is 2.11. The van der Waals surface area contributed by atoms with Crippen LogP contribution in [-0.4, -0.2) is 20.1 Å². The average molecular weight is 276 g/mol. The van der Waals surface area contributed by atoms with Crippen molar-refractivity contribution in [1.29, 1.82) is 0 Å². The molecule has 1 aromatic carbocycles. The normalized spacial score (nSPS) is 10.2. The van der Waals surface area contributed by atoms with E-state index in [0.29, 0.717) is 11.3 Å². The smallest absolute Gasteiger partial charge is 0.337 e. The minimum absolute atomic E-state index is 0.376. The van der Waals surface area contributed by atoms with Gasteiger partial charge in [0.25, 0.3) is 0 Å². The van der Waals surface area contributed by atoms with E-state index in [1.54, 1.807) is 23.5 Å². The summed E-state index contributed by atoms with van der Waals surface area (Å²) < 4.78 is 4.67. The first kappa shape index (κ1) is 13.4. The Labute approximate surface area is 116 Å². The minimum Gasteiger partial charge on any atom is -0.465 e. The van der Waals surface area contributed by atoms with Crippen LogP contribution in [0.15, 0.2) is 35.0 Å². The molecular weight excluding hydrogens is 260 g/mol. The minimum atomic E-state index is -0.376. The van der Waals surface area contributed by atoms with Crippen molar-refractivity contribution in [3.63, 3.8) is 0 Å². The van der Waals surface area contributed by atoms with Crippen molar-refractivity contribution < 1.29 is 9.53 Å². The van der Waals surface area contributed by atoms with Gasteiger partial charge in [0.05, 0.1) is 24.0 Å². The molecule has 0 aliphatic carbocycles. The van der Waals surface area contributed by atoms with Crippen LogP contribution in [-0.2, 0) is 11.3 Å². The zero-order chi connectivity index (χ0) is 13.8. The molecule has 0 saturated carbocycles. The van der Waals surface area contributed by atoms with E-state index in [9.17, 15) is 4.79 Å². The van der Waals surface area contributed by atoms with Gasteiger partial charge in [-0.2, -0.15) is 11.3 Å². The fraction of sp³-hybridized carbons (Fsp3) is 0.214. The Balaban J connectivity index is 2.18. The lowest BCUT2D eigenvalue weighted by Gasteiger charge is -2.21. The van der Waals surface area contributed by atoms with Gasteiger partial charge in [-0.1, -0.05) is 0 Å². The molecule has 0 spiro atoms. The van der Waals surface area contributed by atoms with Crippen LogP contribution in [0.3, 0.4) is 0 Å². The Morgan fingerprint density at radius 1 is 1.42 bits per heavy atom. The molecular formula is C14H16N2O2S. The molecule has 0 saturated heterocycles. The maximum Gasteiger partial charge on any atom is 0.337 e. The number of benzene rings is 1. The summed E-state index contributed by atoms with van der Waals surface area (Å²) >= 11 is 1.67. The van der Waals surface area contributed by atoms with Gasteiger partial charge in [0.1, 0.15) is 0 Å². The standard InChI is InChI=1S/C14H16N2O2S/c1-16(8-10-5-6-19-9-10)13-4-3-11(7-12(13)15)14(17)18-2/h3-7,9H,8,15H2,1-2H3. The number of nitrogen functional groups attached to an aromatic ring is 1. The number of carbonyl (C=O) groups excluding carboxylic acids is 1. The van der Waals surface area contributed by atoms with E-state index in [-0.39, 0.29) is 5.97 Å². The highest BCUT2D eigenvalue weighted by molar-refractivity contribution is 7.07. The van der Waals surface area contributed by atoms with Gasteiger partial charge in [0, 0.05) is 13.6 Å². The third kappa shape index (κ3) is 3.06. The zero-order valence-electron chi connectivity index (χ0n) is 10.9. The van der Waals surface area contributed by atoms with Crippen molar-refractivity contribution >= 4 is 28.7 Å². The number of nitrogens with two attached hydrogens (primary N) is 1. The number of carbonyl (C=O) groups is 1. The number of rotatable bonds is 4. The first-order valence-electron chi connectivity index (χ1n) is 5.82. The molecule has 100 valence electrons. The second kappa shape index (κ2) is 5.75. The molecule has 2 aromatic rings. The molecule has 1 heterocycles. The Morgan fingerprint density at radius 3 is 2.79 bits per heavy atom. The summed E-state index contributed by atoms with van der Waals surface area (Å²) in [6.07, 6.45) is 0. The lowest BCUT2D eigenvalue weighted by Crippen LogP contribution is -2.17. The fourth-order valence-electron chi connectivity index (χ4n) is 1.89. The summed E-state index contributed by atoms with van der Waals surface area (Å²) in [6, 6.07) is 7.29. The molecule has 0 aliphatic rings. The van der Waals surface area contributed by atoms with Gasteiger partial charge in [-0.3, -0.25) is 0 Å². The van der Waals surface area contributed by atoms with Crippen molar-refractivity contribution in [3.05, 3.63) is 46.2 Å². The second-order valence-electron chi connectivity index (χ2n) is 4.25. The first-order valence-corrected chi connectivity index (χ1v) is 6.76. The Bertz CT molecular complexity index is 567. The van der Waals surface area contributed by atoms with Gasteiger partial charge in [-0.25, -0.2) is 4.79 Å². The molecule has 5 heteroatoms. The largest absolute Gasteiger partial charge is 0.465 e. The van der Waals surface area contributed by atoms with Crippen LogP contribution in [0.4, 0.5) is 11.4 Å². The summed E-state index contributed by atoms with van der Waals surface area (Å²) in [6.45, 7) is 0.783. The monoisotopic (exact) mass is 276 g/mol. The molecule has 0 amide bonds. The molecule has 0 radical (unpaired) electrons. The quantitative estimate of drug-likeness (QED) is 0.689. The summed E-state index contributed by atoms with van der Waals surface area (Å²) in [7, 11) is 3.33. The Kier molecular flexibility index (Phi) is 4.06. The third-order valence-corrected chi connectivity index (χ3v) is 3.59. The molecule has 0 atom stereocenters. The third-order valence-electron chi connectivity index (χ3n) is 2.86. The SMILES string of the molecule is COC(=O)c1ccc(N(C)Cc2ccsc2)c(N)c1. The fourth-order valence-corrected chi connectivity index (χ4v) is 2.55. The van der Waals surface area contributed by atoms with Gasteiger partial charge in [0.15, 0.2) is 0 Å². The predicted octanol–water partition coefficient (Wildman–Crippen LogP) is 2.75. The number of thiophene rings is 1. The van der Waals surface area contributed by atoms with Crippen LogP contribution in [0.5, 0.6) is 0 Å². The summed E-state index contributed by atoms with van der Waals surface area (Å²) in [5.41, 5.74) is 9.17. The van der Waals surface area contributed by atoms with E-state index in [4.69, 9.17) is 5.73 Å². The number of esters is 1. The van der Waals surface area contributed by atoms with Crippen molar-refractivity contribution in [2.75, 3.05) is 24.8 Å². The summed E-state index contributed by atoms with van der Waals surface area (Å²) in [5.74, 6) is -0.376. The summed E-state index contributed by atoms with van der Waals surface area (Å²) in [5, 5.41) is 4.16. The molecule has 1 aromatic heterocycles. The van der Waals surface area contributed by atoms with Gasteiger partial charge in [0.2, 0.25) is 0 Å². The maximum atomic E-state index is 11.4. The number of hydrogen-bond donors (Lipinski definition) is 1. The highest BCUT2D eigenvalue weighted by Crippen LogP contribution is 2.25. The molecule has 0 aliphatic heterocycles. The van der Waals surface area contributed by atoms with Crippen molar-refractivity contribution in [1.82, 2.24) is 0 Å². The van der Waals surface area contributed by atoms with Gasteiger partial charge < -0.3 is 15.4 Å². The number of ether oxygens (including phenoxy) is 1. The number of methoxy groups -OCH3 is 1. The van der Waals surface area contributed by atoms with E-state index in [1.807, 2.05) is 18.5 Å². The molecule has 19 heavy (non-hydrogen) atoms. The van der Waals surface area contributed by atoms with Crippen molar-refractivity contribution in [3.8, 4) is 0 Å². The molecule has 0 bridgehead atoms. The Morgan fingerprint density at radius 2 is 2.21 bits per heavy atom. The predicted molar refractivity (Wildman–Crippen MR) is 78.6 cm³/mol. The van der Waals surface area contributed by atoms with E-state index in [1.165, 1.54) is 12.7 Å². The second-order valence-corrected chi connectivity index (χ2v) is 5.03. The molecule has 4 nitrogen and oxygen atoms in total. The van der Waals surface area contributed by atoms with Gasteiger partial charge >= 0.3 is 5.97 Å². The maximum absolute atomic E-state index is 11.4. The van der Waals surface area contributed by atoms with Crippen molar-refractivity contribution in [2.24, 2.45) is 0 Å². The van der Waals surface area contributed by atoms with E-state index in [2.05, 4.69) is 21.1 Å². The number of hydrogen-bond acceptors (Lipinski definition) is 5. The number of nitrogens with zero attached hydrogens (tertiary/aromatic N) is 1. The molecule has 0 fully saturated rings. The van der Waals surface area contributed by atoms with Crippen molar-refractivity contribution in [2.45, 2.75) is 6.54 Å². The van der Waals surface area contributed by atoms with Crippen LogP contribution in [0, 0.1) is 0 Å². The Hall–Kier alpha value is -2.01. The zero-order valence-corrected chi connectivity index (χ0v) is 11.7. The van der Waals surface area contributed by atoms with Gasteiger partial charge in [-0.15, -0.1) is 0 Å². The van der Waals surface area contributed by atoms with E-state index in [0.717, 1.165) is 12.2 Å². The van der Waals surface area contributed by atoms with Crippen LogP contribution in [0.1, 0.15) is 15.9 Å².